The van der Waals surface area contributed by atoms with Gasteiger partial charge in [0.1, 0.15) is 5.82 Å². The molecule has 0 spiro atoms. The van der Waals surface area contributed by atoms with Crippen LogP contribution < -0.4 is 11.4 Å². The molecular formula is C20H35N3O5. The van der Waals surface area contributed by atoms with Crippen molar-refractivity contribution in [3.8, 4) is 0 Å². The van der Waals surface area contributed by atoms with E-state index >= 15 is 0 Å². The number of hydrogen-bond acceptors (Lipinski definition) is 7. The zero-order valence-electron chi connectivity index (χ0n) is 17.4. The average molecular weight is 398 g/mol. The molecule has 0 amide bonds. The SMILES string of the molecule is C=CC.CCC.Nc1ccn(CCC(=O)OCCCCCCOC=O)c(=O)n1. The average Bonchev–Trinajstić information content (AvgIpc) is 2.64. The van der Waals surface area contributed by atoms with E-state index in [1.807, 2.05) is 6.92 Å². The van der Waals surface area contributed by atoms with Gasteiger partial charge in [0, 0.05) is 12.7 Å². The number of aryl methyl sites for hydroxylation is 1. The Balaban J connectivity index is 0. The first-order valence-electron chi connectivity index (χ1n) is 9.57. The van der Waals surface area contributed by atoms with Crippen molar-refractivity contribution in [2.24, 2.45) is 0 Å². The van der Waals surface area contributed by atoms with E-state index in [0.29, 0.717) is 19.7 Å². The normalized spacial score (nSPS) is 9.11. The molecule has 0 saturated heterocycles. The minimum absolute atomic E-state index is 0.110. The molecule has 2 N–H and O–H groups in total. The molecule has 8 heteroatoms. The molecule has 0 aliphatic rings. The first-order chi connectivity index (χ1) is 13.5. The van der Waals surface area contributed by atoms with Crippen LogP contribution in [0.25, 0.3) is 0 Å². The molecule has 0 fully saturated rings. The fourth-order valence-corrected chi connectivity index (χ4v) is 1.77. The van der Waals surface area contributed by atoms with Crippen molar-refractivity contribution < 1.29 is 19.1 Å². The number of allylic oxidation sites excluding steroid dienone is 1. The Hall–Kier alpha value is -2.64. The third-order valence-corrected chi connectivity index (χ3v) is 2.94. The van der Waals surface area contributed by atoms with E-state index in [1.165, 1.54) is 23.3 Å². The van der Waals surface area contributed by atoms with E-state index in [4.69, 9.17) is 10.5 Å². The number of ether oxygens (including phenoxy) is 2. The van der Waals surface area contributed by atoms with Gasteiger partial charge in [-0.3, -0.25) is 14.2 Å². The molecule has 0 unspecified atom stereocenters. The van der Waals surface area contributed by atoms with Crippen LogP contribution in [-0.4, -0.2) is 35.2 Å². The summed E-state index contributed by atoms with van der Waals surface area (Å²) in [4.78, 5) is 36.5. The lowest BCUT2D eigenvalue weighted by molar-refractivity contribution is -0.144. The van der Waals surface area contributed by atoms with Gasteiger partial charge in [0.05, 0.1) is 19.6 Å². The summed E-state index contributed by atoms with van der Waals surface area (Å²) in [7, 11) is 0. The highest BCUT2D eigenvalue weighted by Crippen LogP contribution is 2.01. The summed E-state index contributed by atoms with van der Waals surface area (Å²) in [5.74, 6) is -0.199. The summed E-state index contributed by atoms with van der Waals surface area (Å²) in [5, 5.41) is 0. The quantitative estimate of drug-likeness (QED) is 0.264. The zero-order valence-corrected chi connectivity index (χ0v) is 17.4. The number of unbranched alkanes of at least 4 members (excludes halogenated alkanes) is 3. The lowest BCUT2D eigenvalue weighted by Gasteiger charge is -2.06. The Morgan fingerprint density at radius 3 is 2.36 bits per heavy atom. The molecule has 0 atom stereocenters. The van der Waals surface area contributed by atoms with Crippen molar-refractivity contribution in [2.75, 3.05) is 18.9 Å². The number of nitrogens with zero attached hydrogens (tertiary/aromatic N) is 2. The first-order valence-corrected chi connectivity index (χ1v) is 9.57. The topological polar surface area (TPSA) is 114 Å². The van der Waals surface area contributed by atoms with Crippen LogP contribution >= 0.6 is 0 Å². The molecule has 0 radical (unpaired) electrons. The van der Waals surface area contributed by atoms with Crippen LogP contribution in [0.5, 0.6) is 0 Å². The van der Waals surface area contributed by atoms with Crippen molar-refractivity contribution in [2.45, 2.75) is 65.8 Å². The molecule has 160 valence electrons. The number of rotatable bonds is 11. The van der Waals surface area contributed by atoms with E-state index in [0.717, 1.165) is 25.7 Å². The Morgan fingerprint density at radius 2 is 1.82 bits per heavy atom. The summed E-state index contributed by atoms with van der Waals surface area (Å²) in [6.45, 7) is 10.9. The highest BCUT2D eigenvalue weighted by molar-refractivity contribution is 5.69. The third-order valence-electron chi connectivity index (χ3n) is 2.94. The van der Waals surface area contributed by atoms with Gasteiger partial charge in [-0.15, -0.1) is 6.58 Å². The predicted molar refractivity (Wildman–Crippen MR) is 111 cm³/mol. The van der Waals surface area contributed by atoms with Crippen LogP contribution in [0.15, 0.2) is 29.7 Å². The number of carbonyl (C=O) groups excluding carboxylic acids is 2. The minimum atomic E-state index is -0.481. The van der Waals surface area contributed by atoms with E-state index in [1.54, 1.807) is 6.08 Å². The molecule has 1 heterocycles. The maximum absolute atomic E-state index is 11.5. The molecule has 1 aromatic heterocycles. The number of aromatic nitrogens is 2. The molecule has 1 aromatic rings. The fraction of sp³-hybridized carbons (Fsp3) is 0.600. The number of anilines is 1. The highest BCUT2D eigenvalue weighted by atomic mass is 16.5. The largest absolute Gasteiger partial charge is 0.468 e. The maximum atomic E-state index is 11.5. The molecule has 0 bridgehead atoms. The standard InChI is InChI=1S/C14H21N3O5.C3H8.C3H6/c15-12-5-7-17(14(20)16-12)8-6-13(19)22-10-4-2-1-3-9-21-11-18;2*1-3-2/h5,7,11H,1-4,6,8-10H2,(H2,15,16,20);3H2,1-2H3;3H,1H2,2H3. The van der Waals surface area contributed by atoms with Crippen LogP contribution in [-0.2, 0) is 25.6 Å². The molecule has 28 heavy (non-hydrogen) atoms. The van der Waals surface area contributed by atoms with Crippen molar-refractivity contribution >= 4 is 18.3 Å². The molecule has 1 rings (SSSR count). The number of nitrogen functional groups attached to an aromatic ring is 1. The van der Waals surface area contributed by atoms with Crippen LogP contribution in [0.4, 0.5) is 5.82 Å². The fourth-order valence-electron chi connectivity index (χ4n) is 1.77. The van der Waals surface area contributed by atoms with E-state index in [-0.39, 0.29) is 24.8 Å². The van der Waals surface area contributed by atoms with Gasteiger partial charge in [0.25, 0.3) is 6.47 Å². The van der Waals surface area contributed by atoms with Crippen LogP contribution in [0, 0.1) is 0 Å². The van der Waals surface area contributed by atoms with Crippen LogP contribution in [0.3, 0.4) is 0 Å². The summed E-state index contributed by atoms with van der Waals surface area (Å²) in [5.41, 5.74) is 4.89. The Morgan fingerprint density at radius 1 is 1.25 bits per heavy atom. The van der Waals surface area contributed by atoms with Crippen molar-refractivity contribution in [1.82, 2.24) is 9.55 Å². The highest BCUT2D eigenvalue weighted by Gasteiger charge is 2.05. The molecule has 8 nitrogen and oxygen atoms in total. The van der Waals surface area contributed by atoms with E-state index < -0.39 is 5.69 Å². The van der Waals surface area contributed by atoms with E-state index in [2.05, 4.69) is 30.1 Å². The predicted octanol–water partition coefficient (Wildman–Crippen LogP) is 3.10. The Kier molecular flexibility index (Phi) is 20.4. The summed E-state index contributed by atoms with van der Waals surface area (Å²) >= 11 is 0. The van der Waals surface area contributed by atoms with Gasteiger partial charge in [-0.25, -0.2) is 4.79 Å². The van der Waals surface area contributed by atoms with E-state index in [9.17, 15) is 14.4 Å². The zero-order chi connectivity index (χ0) is 21.6. The molecule has 0 saturated carbocycles. The summed E-state index contributed by atoms with van der Waals surface area (Å²) < 4.78 is 10.9. The molecular weight excluding hydrogens is 362 g/mol. The molecule has 0 aliphatic carbocycles. The minimum Gasteiger partial charge on any atom is -0.468 e. The number of hydrogen-bond donors (Lipinski definition) is 1. The maximum Gasteiger partial charge on any atom is 0.349 e. The van der Waals surface area contributed by atoms with Gasteiger partial charge in [-0.2, -0.15) is 4.98 Å². The summed E-state index contributed by atoms with van der Waals surface area (Å²) in [6, 6.07) is 1.50. The van der Waals surface area contributed by atoms with Gasteiger partial charge >= 0.3 is 11.7 Å². The van der Waals surface area contributed by atoms with Crippen LogP contribution in [0.2, 0.25) is 0 Å². The van der Waals surface area contributed by atoms with Crippen LogP contribution in [0.1, 0.15) is 59.3 Å². The Bertz CT molecular complexity index is 587. The molecule has 0 aliphatic heterocycles. The second-order valence-electron chi connectivity index (χ2n) is 5.80. The van der Waals surface area contributed by atoms with Crippen molar-refractivity contribution in [1.29, 1.82) is 0 Å². The third kappa shape index (κ3) is 18.2. The van der Waals surface area contributed by atoms with Gasteiger partial charge in [0.2, 0.25) is 0 Å². The van der Waals surface area contributed by atoms with Gasteiger partial charge < -0.3 is 15.2 Å². The first kappa shape index (κ1) is 27.6. The Labute approximate surface area is 167 Å². The smallest absolute Gasteiger partial charge is 0.349 e. The van der Waals surface area contributed by atoms with Crippen molar-refractivity contribution in [3.63, 3.8) is 0 Å². The second kappa shape index (κ2) is 20.7. The summed E-state index contributed by atoms with van der Waals surface area (Å²) in [6.07, 6.45) is 7.99. The second-order valence-corrected chi connectivity index (χ2v) is 5.80. The number of carbonyl (C=O) groups is 2. The number of nitrogens with two attached hydrogens (primary N) is 1. The van der Waals surface area contributed by atoms with Gasteiger partial charge in [-0.1, -0.05) is 26.3 Å². The monoisotopic (exact) mass is 397 g/mol. The molecule has 0 aromatic carbocycles. The van der Waals surface area contributed by atoms with Crippen molar-refractivity contribution in [3.05, 3.63) is 35.4 Å². The lowest BCUT2D eigenvalue weighted by atomic mass is 10.2. The lowest BCUT2D eigenvalue weighted by Crippen LogP contribution is -2.24. The number of esters is 1. The van der Waals surface area contributed by atoms with Gasteiger partial charge in [-0.05, 0) is 38.7 Å². The van der Waals surface area contributed by atoms with Gasteiger partial charge in [0.15, 0.2) is 0 Å².